The molecular weight excluding hydrogens is 252 g/mol. The van der Waals surface area contributed by atoms with Crippen LogP contribution >= 0.6 is 0 Å². The second-order valence-electron chi connectivity index (χ2n) is 4.33. The average Bonchev–Trinajstić information content (AvgIpc) is 2.82. The summed E-state index contributed by atoms with van der Waals surface area (Å²) in [6.45, 7) is 0.198. The van der Waals surface area contributed by atoms with Gasteiger partial charge in [-0.2, -0.15) is 0 Å². The van der Waals surface area contributed by atoms with Gasteiger partial charge < -0.3 is 19.7 Å². The third-order valence-electron chi connectivity index (χ3n) is 3.14. The summed E-state index contributed by atoms with van der Waals surface area (Å²) in [6, 6.07) is 3.25. The van der Waals surface area contributed by atoms with Crippen LogP contribution in [0.15, 0.2) is 23.0 Å². The number of carbonyl (C=O) groups excluding carboxylic acids is 1. The molecule has 7 nitrogen and oxygen atoms in total. The van der Waals surface area contributed by atoms with Crippen LogP contribution in [0.25, 0.3) is 0 Å². The van der Waals surface area contributed by atoms with E-state index in [9.17, 15) is 14.4 Å². The molecule has 2 atom stereocenters. The van der Waals surface area contributed by atoms with E-state index in [1.54, 1.807) is 0 Å². The number of aliphatic carboxylic acids is 1. The van der Waals surface area contributed by atoms with Crippen LogP contribution in [0.3, 0.4) is 0 Å². The van der Waals surface area contributed by atoms with Gasteiger partial charge in [-0.3, -0.25) is 9.59 Å². The first-order valence-corrected chi connectivity index (χ1v) is 5.79. The molecule has 0 spiro atoms. The molecule has 1 aromatic rings. The Bertz CT molecular complexity index is 553. The summed E-state index contributed by atoms with van der Waals surface area (Å²) in [4.78, 5) is 38.2. The van der Waals surface area contributed by atoms with Crippen LogP contribution in [-0.4, -0.2) is 52.7 Å². The number of aromatic amines is 1. The Kier molecular flexibility index (Phi) is 3.66. The zero-order chi connectivity index (χ0) is 14.0. The van der Waals surface area contributed by atoms with E-state index in [-0.39, 0.29) is 24.8 Å². The van der Waals surface area contributed by atoms with Gasteiger partial charge in [0, 0.05) is 26.1 Å². The van der Waals surface area contributed by atoms with E-state index in [0.717, 1.165) is 0 Å². The number of carboxylic acids is 1. The van der Waals surface area contributed by atoms with Crippen LogP contribution in [-0.2, 0) is 9.53 Å². The second kappa shape index (κ2) is 5.23. The van der Waals surface area contributed by atoms with Gasteiger partial charge in [-0.15, -0.1) is 0 Å². The molecule has 1 amide bonds. The van der Waals surface area contributed by atoms with Crippen LogP contribution in [0.5, 0.6) is 0 Å². The molecule has 1 aliphatic rings. The number of amides is 1. The van der Waals surface area contributed by atoms with Gasteiger partial charge in [0.25, 0.3) is 5.91 Å². The van der Waals surface area contributed by atoms with Gasteiger partial charge in [0.2, 0.25) is 5.56 Å². The lowest BCUT2D eigenvalue weighted by Crippen LogP contribution is -2.41. The number of hydrogen-bond acceptors (Lipinski definition) is 4. The summed E-state index contributed by atoms with van der Waals surface area (Å²) >= 11 is 0. The predicted molar refractivity (Wildman–Crippen MR) is 64.9 cm³/mol. The third-order valence-corrected chi connectivity index (χ3v) is 3.14. The molecule has 1 saturated heterocycles. The number of methoxy groups -OCH3 is 1. The van der Waals surface area contributed by atoms with Crippen LogP contribution in [0.1, 0.15) is 16.9 Å². The first-order valence-electron chi connectivity index (χ1n) is 5.79. The van der Waals surface area contributed by atoms with E-state index in [0.29, 0.717) is 0 Å². The van der Waals surface area contributed by atoms with Crippen molar-refractivity contribution in [2.24, 2.45) is 0 Å². The van der Waals surface area contributed by atoms with Crippen LogP contribution < -0.4 is 5.56 Å². The predicted octanol–water partition coefficient (Wildman–Crippen LogP) is -0.311. The first-order chi connectivity index (χ1) is 9.02. The second-order valence-corrected chi connectivity index (χ2v) is 4.33. The summed E-state index contributed by atoms with van der Waals surface area (Å²) in [5.74, 6) is -1.59. The molecule has 2 unspecified atom stereocenters. The number of rotatable bonds is 3. The van der Waals surface area contributed by atoms with Crippen molar-refractivity contribution in [2.45, 2.75) is 18.6 Å². The van der Waals surface area contributed by atoms with Gasteiger partial charge in [0.05, 0.1) is 6.10 Å². The van der Waals surface area contributed by atoms with Crippen molar-refractivity contribution in [3.05, 3.63) is 34.2 Å². The molecule has 0 saturated carbocycles. The summed E-state index contributed by atoms with van der Waals surface area (Å²) in [7, 11) is 1.47. The fraction of sp³-hybridized carbons (Fsp3) is 0.417. The molecule has 2 N–H and O–H groups in total. The van der Waals surface area contributed by atoms with Gasteiger partial charge in [-0.1, -0.05) is 6.07 Å². The van der Waals surface area contributed by atoms with Crippen LogP contribution in [0.4, 0.5) is 0 Å². The molecule has 102 valence electrons. The Morgan fingerprint density at radius 2 is 2.21 bits per heavy atom. The molecule has 1 aliphatic heterocycles. The highest BCUT2D eigenvalue weighted by molar-refractivity contribution is 5.95. The van der Waals surface area contributed by atoms with Crippen LogP contribution in [0.2, 0.25) is 0 Å². The van der Waals surface area contributed by atoms with E-state index in [4.69, 9.17) is 9.84 Å². The van der Waals surface area contributed by atoms with E-state index in [1.165, 1.54) is 30.2 Å². The number of nitrogens with one attached hydrogen (secondary N) is 1. The summed E-state index contributed by atoms with van der Waals surface area (Å²) in [5, 5.41) is 9.13. The summed E-state index contributed by atoms with van der Waals surface area (Å²) in [6.07, 6.45) is -0.0604. The summed E-state index contributed by atoms with van der Waals surface area (Å²) < 4.78 is 5.10. The molecule has 0 bridgehead atoms. The van der Waals surface area contributed by atoms with Crippen molar-refractivity contribution in [3.63, 3.8) is 0 Å². The van der Waals surface area contributed by atoms with Crippen molar-refractivity contribution >= 4 is 11.9 Å². The van der Waals surface area contributed by atoms with Gasteiger partial charge in [-0.25, -0.2) is 4.79 Å². The maximum absolute atomic E-state index is 12.2. The molecule has 2 rings (SSSR count). The molecule has 19 heavy (non-hydrogen) atoms. The molecule has 0 radical (unpaired) electrons. The number of pyridine rings is 1. The van der Waals surface area contributed by atoms with Gasteiger partial charge in [-0.05, 0) is 6.07 Å². The van der Waals surface area contributed by atoms with E-state index in [2.05, 4.69) is 4.98 Å². The number of carboxylic acid groups (broad SMARTS) is 1. The smallest absolute Gasteiger partial charge is 0.326 e. The minimum absolute atomic E-state index is 0.0792. The molecule has 2 heterocycles. The Hall–Kier alpha value is -2.15. The zero-order valence-electron chi connectivity index (χ0n) is 10.3. The van der Waals surface area contributed by atoms with E-state index in [1.807, 2.05) is 0 Å². The Labute approximate surface area is 108 Å². The molecule has 1 fully saturated rings. The Morgan fingerprint density at radius 3 is 2.79 bits per heavy atom. The molecule has 1 aromatic heterocycles. The molecule has 0 aliphatic carbocycles. The van der Waals surface area contributed by atoms with Crippen molar-refractivity contribution < 1.29 is 19.4 Å². The first kappa shape index (κ1) is 13.3. The lowest BCUT2D eigenvalue weighted by atomic mass is 10.2. The van der Waals surface area contributed by atoms with Crippen molar-refractivity contribution in [1.82, 2.24) is 9.88 Å². The van der Waals surface area contributed by atoms with Gasteiger partial charge >= 0.3 is 5.97 Å². The van der Waals surface area contributed by atoms with Crippen LogP contribution in [0, 0.1) is 0 Å². The lowest BCUT2D eigenvalue weighted by molar-refractivity contribution is -0.141. The van der Waals surface area contributed by atoms with Crippen molar-refractivity contribution in [1.29, 1.82) is 0 Å². The number of H-pyrrole nitrogens is 1. The maximum atomic E-state index is 12.2. The normalized spacial score (nSPS) is 22.5. The quantitative estimate of drug-likeness (QED) is 0.781. The topological polar surface area (TPSA) is 99.7 Å². The highest BCUT2D eigenvalue weighted by atomic mass is 16.5. The third kappa shape index (κ3) is 2.65. The van der Waals surface area contributed by atoms with Crippen molar-refractivity contribution in [2.75, 3.05) is 13.7 Å². The largest absolute Gasteiger partial charge is 0.480 e. The number of aromatic nitrogens is 1. The number of carbonyl (C=O) groups is 2. The van der Waals surface area contributed by atoms with Gasteiger partial charge in [0.15, 0.2) is 0 Å². The Balaban J connectivity index is 2.26. The van der Waals surface area contributed by atoms with E-state index >= 15 is 0 Å². The number of likely N-dealkylation sites (tertiary alicyclic amines) is 1. The maximum Gasteiger partial charge on any atom is 0.326 e. The van der Waals surface area contributed by atoms with E-state index < -0.39 is 23.5 Å². The number of nitrogens with zero attached hydrogens (tertiary/aromatic N) is 1. The minimum atomic E-state index is -1.08. The SMILES string of the molecule is COC1CC(C(=O)O)N(C(=O)c2cccc(=O)[nH]2)C1. The molecule has 7 heteroatoms. The number of ether oxygens (including phenoxy) is 1. The highest BCUT2D eigenvalue weighted by Gasteiger charge is 2.40. The standard InChI is InChI=1S/C12H14N2O5/c1-19-7-5-9(12(17)18)14(6-7)11(16)8-3-2-4-10(15)13-8/h2-4,7,9H,5-6H2,1H3,(H,13,15)(H,17,18). The Morgan fingerprint density at radius 1 is 1.47 bits per heavy atom. The highest BCUT2D eigenvalue weighted by Crippen LogP contribution is 2.21. The minimum Gasteiger partial charge on any atom is -0.480 e. The average molecular weight is 266 g/mol. The molecular formula is C12H14N2O5. The molecule has 0 aromatic carbocycles. The summed E-state index contributed by atoms with van der Waals surface area (Å²) in [5.41, 5.74) is -0.323. The van der Waals surface area contributed by atoms with Gasteiger partial charge in [0.1, 0.15) is 11.7 Å². The fourth-order valence-electron chi connectivity index (χ4n) is 2.15. The van der Waals surface area contributed by atoms with Crippen molar-refractivity contribution in [3.8, 4) is 0 Å². The monoisotopic (exact) mass is 266 g/mol. The number of hydrogen-bond donors (Lipinski definition) is 2. The zero-order valence-corrected chi connectivity index (χ0v) is 10.3. The fourth-order valence-corrected chi connectivity index (χ4v) is 2.15. The lowest BCUT2D eigenvalue weighted by Gasteiger charge is -2.20.